The van der Waals surface area contributed by atoms with Gasteiger partial charge in [-0.2, -0.15) is 0 Å². The summed E-state index contributed by atoms with van der Waals surface area (Å²) in [6, 6.07) is 12.2. The molecular formula is C31H36O11. The molecule has 42 heavy (non-hydrogen) atoms. The van der Waals surface area contributed by atoms with Gasteiger partial charge in [0.1, 0.15) is 32.2 Å². The molecule has 0 fully saturated rings. The van der Waals surface area contributed by atoms with Crippen molar-refractivity contribution in [3.63, 3.8) is 0 Å². The van der Waals surface area contributed by atoms with Crippen molar-refractivity contribution in [2.24, 2.45) is 0 Å². The van der Waals surface area contributed by atoms with Crippen molar-refractivity contribution in [2.45, 2.75) is 0 Å². The molecule has 0 saturated carbocycles. The maximum atomic E-state index is 12.5. The van der Waals surface area contributed by atoms with Gasteiger partial charge in [-0.05, 0) is 35.4 Å². The second kappa shape index (κ2) is 18.1. The lowest BCUT2D eigenvalue weighted by Gasteiger charge is -2.15. The second-order valence-electron chi connectivity index (χ2n) is 8.65. The lowest BCUT2D eigenvalue weighted by molar-refractivity contribution is -0.141. The summed E-state index contributed by atoms with van der Waals surface area (Å²) in [7, 11) is 4.35. The zero-order valence-electron chi connectivity index (χ0n) is 24.1. The van der Waals surface area contributed by atoms with Crippen LogP contribution in [0, 0.1) is 0 Å². The molecule has 0 atom stereocenters. The zero-order chi connectivity index (χ0) is 30.9. The molecule has 0 saturated heterocycles. The van der Waals surface area contributed by atoms with Crippen molar-refractivity contribution in [1.82, 2.24) is 0 Å². The first kappa shape index (κ1) is 33.8. The van der Waals surface area contributed by atoms with Crippen molar-refractivity contribution in [3.05, 3.63) is 78.9 Å². The number of benzene rings is 2. The van der Waals surface area contributed by atoms with E-state index >= 15 is 0 Å². The van der Waals surface area contributed by atoms with Crippen LogP contribution in [-0.4, -0.2) is 85.5 Å². The largest absolute Gasteiger partial charge is 0.490 e. The average Bonchev–Trinajstić information content (AvgIpc) is 2.98. The molecule has 0 N–H and O–H groups in total. The monoisotopic (exact) mass is 584 g/mol. The normalized spacial score (nSPS) is 10.4. The van der Waals surface area contributed by atoms with E-state index in [4.69, 9.17) is 37.9 Å². The number of ether oxygens (including phenoxy) is 8. The molecule has 0 bridgehead atoms. The van der Waals surface area contributed by atoms with Crippen molar-refractivity contribution in [2.75, 3.05) is 67.6 Å². The Kier molecular flexibility index (Phi) is 14.5. The Hall–Kier alpha value is -4.45. The summed E-state index contributed by atoms with van der Waals surface area (Å²) in [4.78, 5) is 36.2. The van der Waals surface area contributed by atoms with E-state index in [1.54, 1.807) is 30.3 Å². The molecule has 0 aliphatic rings. The van der Waals surface area contributed by atoms with E-state index in [9.17, 15) is 14.4 Å². The highest BCUT2D eigenvalue weighted by molar-refractivity contribution is 5.90. The zero-order valence-corrected chi connectivity index (χ0v) is 24.1. The second-order valence-corrected chi connectivity index (χ2v) is 8.65. The van der Waals surface area contributed by atoms with Gasteiger partial charge in [-0.1, -0.05) is 37.9 Å². The van der Waals surface area contributed by atoms with Crippen LogP contribution in [0.15, 0.2) is 78.9 Å². The van der Waals surface area contributed by atoms with Gasteiger partial charge in [0, 0.05) is 21.3 Å². The summed E-state index contributed by atoms with van der Waals surface area (Å²) in [6.45, 7) is 11.1. The van der Waals surface area contributed by atoms with Gasteiger partial charge in [-0.15, -0.1) is 0 Å². The van der Waals surface area contributed by atoms with Crippen molar-refractivity contribution in [1.29, 1.82) is 0 Å². The standard InChI is InChI=1S/C31H36O11/c1-21(18-35-4)29(32)40-15-13-38-26-10-7-24(8-11-26)25-9-12-27(28(17-25)42-31(34)23(3)20-37-6)39-14-16-41-30(33)22(2)19-36-5/h7-12,17H,1-3,13-16,18-20H2,4-6H3. The highest BCUT2D eigenvalue weighted by atomic mass is 16.6. The smallest absolute Gasteiger partial charge is 0.341 e. The molecule has 0 aliphatic carbocycles. The Morgan fingerprint density at radius 2 is 1.05 bits per heavy atom. The van der Waals surface area contributed by atoms with Crippen LogP contribution >= 0.6 is 0 Å². The molecular weight excluding hydrogens is 548 g/mol. The third-order valence-corrected chi connectivity index (χ3v) is 5.32. The number of esters is 3. The van der Waals surface area contributed by atoms with Crippen LogP contribution in [0.1, 0.15) is 0 Å². The SMILES string of the molecule is C=C(COC)C(=O)OCCOc1ccc(-c2ccc(OCCOC(=O)C(=C)COC)c(OC(=O)C(=C)COC)c2)cc1. The quantitative estimate of drug-likeness (QED) is 0.104. The van der Waals surface area contributed by atoms with Gasteiger partial charge < -0.3 is 37.9 Å². The van der Waals surface area contributed by atoms with E-state index in [2.05, 4.69) is 19.7 Å². The van der Waals surface area contributed by atoms with E-state index in [1.165, 1.54) is 21.3 Å². The van der Waals surface area contributed by atoms with Gasteiger partial charge in [0.2, 0.25) is 0 Å². The summed E-state index contributed by atoms with van der Waals surface area (Å²) in [5.74, 6) is -0.861. The molecule has 0 amide bonds. The Morgan fingerprint density at radius 3 is 1.57 bits per heavy atom. The fraction of sp³-hybridized carbons (Fsp3) is 0.323. The molecule has 0 aliphatic heterocycles. The number of carbonyl (C=O) groups is 3. The number of methoxy groups -OCH3 is 3. The van der Waals surface area contributed by atoms with Gasteiger partial charge in [0.15, 0.2) is 11.5 Å². The lowest BCUT2D eigenvalue weighted by Crippen LogP contribution is -2.17. The molecule has 0 unspecified atom stereocenters. The van der Waals surface area contributed by atoms with E-state index in [1.807, 2.05) is 12.1 Å². The van der Waals surface area contributed by atoms with Gasteiger partial charge in [0.25, 0.3) is 0 Å². The Balaban J connectivity index is 2.06. The maximum absolute atomic E-state index is 12.5. The van der Waals surface area contributed by atoms with Crippen LogP contribution in [0.2, 0.25) is 0 Å². The van der Waals surface area contributed by atoms with Crippen LogP contribution in [0.4, 0.5) is 0 Å². The summed E-state index contributed by atoms with van der Waals surface area (Å²) < 4.78 is 41.8. The lowest BCUT2D eigenvalue weighted by atomic mass is 10.0. The van der Waals surface area contributed by atoms with E-state index in [0.29, 0.717) is 5.75 Å². The van der Waals surface area contributed by atoms with Gasteiger partial charge in [0.05, 0.1) is 36.5 Å². The summed E-state index contributed by atoms with van der Waals surface area (Å²) in [6.07, 6.45) is 0. The predicted molar refractivity (Wildman–Crippen MR) is 153 cm³/mol. The number of hydrogen-bond acceptors (Lipinski definition) is 11. The van der Waals surface area contributed by atoms with Crippen LogP contribution in [-0.2, 0) is 38.1 Å². The molecule has 2 rings (SSSR count). The third kappa shape index (κ3) is 11.2. The number of hydrogen-bond donors (Lipinski definition) is 0. The first-order valence-corrected chi connectivity index (χ1v) is 12.8. The molecule has 2 aromatic carbocycles. The van der Waals surface area contributed by atoms with E-state index in [-0.39, 0.29) is 74.5 Å². The maximum Gasteiger partial charge on any atom is 0.341 e. The molecule has 11 heteroatoms. The van der Waals surface area contributed by atoms with Crippen LogP contribution in [0.5, 0.6) is 17.2 Å². The predicted octanol–water partition coefficient (Wildman–Crippen LogP) is 3.71. The minimum absolute atomic E-state index is 0.00139. The summed E-state index contributed by atoms with van der Waals surface area (Å²) in [5, 5.41) is 0. The number of rotatable bonds is 19. The fourth-order valence-electron chi connectivity index (χ4n) is 3.29. The minimum Gasteiger partial charge on any atom is -0.490 e. The molecule has 226 valence electrons. The van der Waals surface area contributed by atoms with Gasteiger partial charge in [-0.3, -0.25) is 0 Å². The van der Waals surface area contributed by atoms with Crippen LogP contribution in [0.25, 0.3) is 11.1 Å². The number of carbonyl (C=O) groups excluding carboxylic acids is 3. The van der Waals surface area contributed by atoms with Crippen LogP contribution < -0.4 is 14.2 Å². The Bertz CT molecular complexity index is 1250. The Labute approximate surface area is 245 Å². The fourth-order valence-corrected chi connectivity index (χ4v) is 3.29. The molecule has 0 spiro atoms. The van der Waals surface area contributed by atoms with Crippen molar-refractivity contribution >= 4 is 17.9 Å². The summed E-state index contributed by atoms with van der Waals surface area (Å²) in [5.41, 5.74) is 2.04. The van der Waals surface area contributed by atoms with Crippen molar-refractivity contribution < 1.29 is 52.3 Å². The molecule has 11 nitrogen and oxygen atoms in total. The summed E-state index contributed by atoms with van der Waals surface area (Å²) >= 11 is 0. The first-order chi connectivity index (χ1) is 20.2. The topological polar surface area (TPSA) is 125 Å². The third-order valence-electron chi connectivity index (χ3n) is 5.32. The Morgan fingerprint density at radius 1 is 0.571 bits per heavy atom. The minimum atomic E-state index is -0.684. The van der Waals surface area contributed by atoms with E-state index < -0.39 is 17.9 Å². The first-order valence-electron chi connectivity index (χ1n) is 12.8. The molecule has 0 aromatic heterocycles. The molecule has 2 aromatic rings. The highest BCUT2D eigenvalue weighted by Crippen LogP contribution is 2.34. The average molecular weight is 585 g/mol. The molecule has 0 heterocycles. The van der Waals surface area contributed by atoms with Crippen molar-refractivity contribution in [3.8, 4) is 28.4 Å². The highest BCUT2D eigenvalue weighted by Gasteiger charge is 2.16. The van der Waals surface area contributed by atoms with E-state index in [0.717, 1.165) is 11.1 Å². The van der Waals surface area contributed by atoms with Crippen LogP contribution in [0.3, 0.4) is 0 Å². The van der Waals surface area contributed by atoms with Gasteiger partial charge >= 0.3 is 17.9 Å². The van der Waals surface area contributed by atoms with Gasteiger partial charge in [-0.25, -0.2) is 14.4 Å². The molecule has 0 radical (unpaired) electrons.